The number of carbonyl (C=O) groups is 3. The van der Waals surface area contributed by atoms with Crippen LogP contribution in [0.1, 0.15) is 28.8 Å². The van der Waals surface area contributed by atoms with E-state index in [0.29, 0.717) is 23.7 Å². The molecule has 0 radical (unpaired) electrons. The van der Waals surface area contributed by atoms with Crippen LogP contribution in [0.3, 0.4) is 0 Å². The zero-order valence-electron chi connectivity index (χ0n) is 15.4. The number of rotatable bonds is 5. The minimum atomic E-state index is -0.518. The third-order valence-electron chi connectivity index (χ3n) is 4.39. The normalized spacial score (nSPS) is 13.4. The van der Waals surface area contributed by atoms with E-state index < -0.39 is 11.8 Å². The van der Waals surface area contributed by atoms with Gasteiger partial charge in [-0.15, -0.1) is 0 Å². The fourth-order valence-corrected chi connectivity index (χ4v) is 3.08. The summed E-state index contributed by atoms with van der Waals surface area (Å²) in [7, 11) is 0. The van der Waals surface area contributed by atoms with Crippen LogP contribution in [0.5, 0.6) is 0 Å². The van der Waals surface area contributed by atoms with Crippen molar-refractivity contribution >= 4 is 40.7 Å². The molecule has 0 bridgehead atoms. The number of nitrogens with zero attached hydrogens (tertiary/aromatic N) is 1. The van der Waals surface area contributed by atoms with Gasteiger partial charge in [0.15, 0.2) is 0 Å². The van der Waals surface area contributed by atoms with Crippen molar-refractivity contribution < 1.29 is 14.4 Å². The van der Waals surface area contributed by atoms with Crippen LogP contribution >= 0.6 is 11.6 Å². The Labute approximate surface area is 168 Å². The molecule has 0 aromatic heterocycles. The molecule has 0 saturated carbocycles. The van der Waals surface area contributed by atoms with E-state index in [2.05, 4.69) is 16.2 Å². The van der Waals surface area contributed by atoms with Gasteiger partial charge in [-0.3, -0.25) is 25.2 Å². The molecule has 0 aliphatic carbocycles. The molecule has 7 nitrogen and oxygen atoms in total. The summed E-state index contributed by atoms with van der Waals surface area (Å²) in [6.45, 7) is 2.51. The van der Waals surface area contributed by atoms with Gasteiger partial charge in [0.2, 0.25) is 5.91 Å². The quantitative estimate of drug-likeness (QED) is 0.673. The lowest BCUT2D eigenvalue weighted by atomic mass is 10.1. The summed E-state index contributed by atoms with van der Waals surface area (Å²) >= 11 is 6.04. The monoisotopic (exact) mass is 400 g/mol. The summed E-state index contributed by atoms with van der Waals surface area (Å²) in [6.07, 6.45) is 1.17. The number of nitrogens with one attached hydrogen (secondary N) is 3. The molecule has 3 rings (SSSR count). The lowest BCUT2D eigenvalue weighted by molar-refractivity contribution is -0.120. The molecule has 1 fully saturated rings. The van der Waals surface area contributed by atoms with Crippen LogP contribution in [-0.2, 0) is 9.59 Å². The van der Waals surface area contributed by atoms with E-state index in [-0.39, 0.29) is 18.0 Å². The number of hydrogen-bond acceptors (Lipinski definition) is 4. The number of amides is 3. The van der Waals surface area contributed by atoms with E-state index in [1.165, 1.54) is 6.07 Å². The molecule has 2 aromatic rings. The van der Waals surface area contributed by atoms with Gasteiger partial charge >= 0.3 is 0 Å². The highest BCUT2D eigenvalue weighted by molar-refractivity contribution is 6.31. The largest absolute Gasteiger partial charge is 0.376 e. The molecule has 146 valence electrons. The maximum Gasteiger partial charge on any atom is 0.271 e. The third-order valence-corrected chi connectivity index (χ3v) is 4.62. The lowest BCUT2D eigenvalue weighted by Gasteiger charge is -2.20. The highest BCUT2D eigenvalue weighted by atomic mass is 35.5. The summed E-state index contributed by atoms with van der Waals surface area (Å²) in [5.74, 6) is -0.973. The molecular formula is C20H21ClN4O3. The first-order chi connectivity index (χ1) is 13.4. The van der Waals surface area contributed by atoms with Crippen molar-refractivity contribution in [3.8, 4) is 0 Å². The van der Waals surface area contributed by atoms with Crippen molar-refractivity contribution in [3.63, 3.8) is 0 Å². The van der Waals surface area contributed by atoms with E-state index in [1.54, 1.807) is 17.0 Å². The second-order valence-electron chi connectivity index (χ2n) is 6.53. The van der Waals surface area contributed by atoms with Crippen LogP contribution in [0.25, 0.3) is 0 Å². The summed E-state index contributed by atoms with van der Waals surface area (Å²) in [6, 6.07) is 12.3. The van der Waals surface area contributed by atoms with E-state index in [1.807, 2.05) is 31.2 Å². The zero-order chi connectivity index (χ0) is 20.1. The topological polar surface area (TPSA) is 90.5 Å². The van der Waals surface area contributed by atoms with E-state index >= 15 is 0 Å². The Kier molecular flexibility index (Phi) is 6.16. The minimum absolute atomic E-state index is 0.00142. The summed E-state index contributed by atoms with van der Waals surface area (Å²) in [5.41, 5.74) is 7.39. The summed E-state index contributed by atoms with van der Waals surface area (Å²) in [4.78, 5) is 38.1. The van der Waals surface area contributed by atoms with Crippen LogP contribution in [0.15, 0.2) is 42.5 Å². The SMILES string of the molecule is Cc1ccc(NCC(=O)NNC(=O)c2ccc(Cl)cc2N2CCCC2=O)cc1. The highest BCUT2D eigenvalue weighted by Gasteiger charge is 2.26. The molecule has 3 amide bonds. The van der Waals surface area contributed by atoms with Gasteiger partial charge in [-0.2, -0.15) is 0 Å². The maximum absolute atomic E-state index is 12.5. The highest BCUT2D eigenvalue weighted by Crippen LogP contribution is 2.28. The molecule has 1 aliphatic heterocycles. The average molecular weight is 401 g/mol. The molecule has 1 aliphatic rings. The second-order valence-corrected chi connectivity index (χ2v) is 6.97. The van der Waals surface area contributed by atoms with Crippen LogP contribution < -0.4 is 21.1 Å². The van der Waals surface area contributed by atoms with Gasteiger partial charge in [-0.05, 0) is 43.7 Å². The van der Waals surface area contributed by atoms with Gasteiger partial charge < -0.3 is 10.2 Å². The van der Waals surface area contributed by atoms with Crippen LogP contribution in [0.2, 0.25) is 5.02 Å². The molecule has 0 atom stereocenters. The smallest absolute Gasteiger partial charge is 0.271 e. The van der Waals surface area contributed by atoms with Gasteiger partial charge in [-0.1, -0.05) is 29.3 Å². The molecule has 0 unspecified atom stereocenters. The van der Waals surface area contributed by atoms with Gasteiger partial charge in [0.25, 0.3) is 11.8 Å². The van der Waals surface area contributed by atoms with Crippen molar-refractivity contribution in [2.75, 3.05) is 23.3 Å². The number of anilines is 2. The van der Waals surface area contributed by atoms with Crippen molar-refractivity contribution in [3.05, 3.63) is 58.6 Å². The van der Waals surface area contributed by atoms with Crippen LogP contribution in [0, 0.1) is 6.92 Å². The van der Waals surface area contributed by atoms with E-state index in [0.717, 1.165) is 17.7 Å². The standard InChI is InChI=1S/C20H21ClN4O3/c1-13-4-7-15(8-5-13)22-12-18(26)23-24-20(28)16-9-6-14(21)11-17(16)25-10-2-3-19(25)27/h4-9,11,22H,2-3,10,12H2,1H3,(H,23,26)(H,24,28). The molecule has 3 N–H and O–H groups in total. The lowest BCUT2D eigenvalue weighted by Crippen LogP contribution is -2.44. The number of aryl methyl sites for hydroxylation is 1. The molecule has 28 heavy (non-hydrogen) atoms. The Hall–Kier alpha value is -3.06. The van der Waals surface area contributed by atoms with Gasteiger partial charge in [0.05, 0.1) is 17.8 Å². The first-order valence-corrected chi connectivity index (χ1v) is 9.31. The maximum atomic E-state index is 12.5. The van der Waals surface area contributed by atoms with Gasteiger partial charge in [0, 0.05) is 23.7 Å². The first-order valence-electron chi connectivity index (χ1n) is 8.93. The number of hydrogen-bond donors (Lipinski definition) is 3. The van der Waals surface area contributed by atoms with Crippen LogP contribution in [-0.4, -0.2) is 30.8 Å². The molecule has 1 heterocycles. The Balaban J connectivity index is 1.59. The van der Waals surface area contributed by atoms with Crippen LogP contribution in [0.4, 0.5) is 11.4 Å². The Morgan fingerprint density at radius 3 is 2.54 bits per heavy atom. The fourth-order valence-electron chi connectivity index (χ4n) is 2.91. The second kappa shape index (κ2) is 8.75. The van der Waals surface area contributed by atoms with Crippen molar-refractivity contribution in [2.24, 2.45) is 0 Å². The van der Waals surface area contributed by atoms with Crippen molar-refractivity contribution in [1.29, 1.82) is 0 Å². The molecule has 1 saturated heterocycles. The average Bonchev–Trinajstić information content (AvgIpc) is 3.11. The molecular weight excluding hydrogens is 380 g/mol. The first kappa shape index (κ1) is 19.7. The number of benzene rings is 2. The fraction of sp³-hybridized carbons (Fsp3) is 0.250. The number of hydrazine groups is 1. The van der Waals surface area contributed by atoms with Crippen molar-refractivity contribution in [1.82, 2.24) is 10.9 Å². The van der Waals surface area contributed by atoms with Gasteiger partial charge in [-0.25, -0.2) is 0 Å². The minimum Gasteiger partial charge on any atom is -0.376 e. The Bertz CT molecular complexity index is 899. The van der Waals surface area contributed by atoms with E-state index in [9.17, 15) is 14.4 Å². The molecule has 0 spiro atoms. The zero-order valence-corrected chi connectivity index (χ0v) is 16.2. The molecule has 8 heteroatoms. The van der Waals surface area contributed by atoms with Crippen molar-refractivity contribution in [2.45, 2.75) is 19.8 Å². The van der Waals surface area contributed by atoms with E-state index in [4.69, 9.17) is 11.6 Å². The third kappa shape index (κ3) is 4.80. The summed E-state index contributed by atoms with van der Waals surface area (Å²) in [5, 5.41) is 3.40. The Morgan fingerprint density at radius 2 is 1.86 bits per heavy atom. The number of carbonyl (C=O) groups excluding carboxylic acids is 3. The Morgan fingerprint density at radius 1 is 1.11 bits per heavy atom. The molecule has 2 aromatic carbocycles. The number of halogens is 1. The predicted molar refractivity (Wildman–Crippen MR) is 108 cm³/mol. The van der Waals surface area contributed by atoms with Gasteiger partial charge in [0.1, 0.15) is 0 Å². The predicted octanol–water partition coefficient (Wildman–Crippen LogP) is 2.65. The summed E-state index contributed by atoms with van der Waals surface area (Å²) < 4.78 is 0.